The summed E-state index contributed by atoms with van der Waals surface area (Å²) in [4.78, 5) is 6.46. The maximum absolute atomic E-state index is 9.16. The molecule has 0 atom stereocenters. The molecule has 0 aromatic carbocycles. The van der Waals surface area contributed by atoms with Crippen molar-refractivity contribution in [1.29, 1.82) is 0 Å². The molecule has 0 radical (unpaired) electrons. The first-order chi connectivity index (χ1) is 7.79. The molecule has 0 bridgehead atoms. The molecule has 4 nitrogen and oxygen atoms in total. The lowest BCUT2D eigenvalue weighted by Crippen LogP contribution is -2.35. The summed E-state index contributed by atoms with van der Waals surface area (Å²) in [7, 11) is 2.12. The minimum absolute atomic E-state index is 0.0181. The zero-order chi connectivity index (χ0) is 11.4. The van der Waals surface area contributed by atoms with Crippen molar-refractivity contribution in [3.8, 4) is 5.88 Å². The molecule has 4 heteroatoms. The van der Waals surface area contributed by atoms with Crippen molar-refractivity contribution in [3.63, 3.8) is 0 Å². The summed E-state index contributed by atoms with van der Waals surface area (Å²) in [6.07, 6.45) is 3.98. The highest BCUT2D eigenvalue weighted by Gasteiger charge is 2.19. The van der Waals surface area contributed by atoms with Gasteiger partial charge in [0.2, 0.25) is 5.88 Å². The second kappa shape index (κ2) is 5.27. The van der Waals surface area contributed by atoms with Crippen LogP contribution in [0.1, 0.15) is 18.4 Å². The van der Waals surface area contributed by atoms with E-state index in [0.717, 1.165) is 31.5 Å². The summed E-state index contributed by atoms with van der Waals surface area (Å²) in [5.41, 5.74) is 0.765. The first-order valence-electron chi connectivity index (χ1n) is 5.69. The van der Waals surface area contributed by atoms with Gasteiger partial charge in [0.25, 0.3) is 0 Å². The van der Waals surface area contributed by atoms with Crippen molar-refractivity contribution in [2.75, 3.05) is 20.1 Å². The van der Waals surface area contributed by atoms with Crippen molar-refractivity contribution < 1.29 is 9.84 Å². The summed E-state index contributed by atoms with van der Waals surface area (Å²) in [5, 5.41) is 9.16. The van der Waals surface area contributed by atoms with E-state index in [-0.39, 0.29) is 12.7 Å². The first kappa shape index (κ1) is 11.4. The van der Waals surface area contributed by atoms with Gasteiger partial charge in [-0.2, -0.15) is 0 Å². The molecule has 1 aromatic rings. The van der Waals surface area contributed by atoms with Crippen LogP contribution in [0, 0.1) is 0 Å². The molecule has 0 spiro atoms. The molecule has 0 saturated carbocycles. The fourth-order valence-electron chi connectivity index (χ4n) is 1.91. The van der Waals surface area contributed by atoms with Crippen LogP contribution in [-0.2, 0) is 6.61 Å². The Morgan fingerprint density at radius 3 is 2.94 bits per heavy atom. The Hall–Kier alpha value is -1.13. The zero-order valence-electron chi connectivity index (χ0n) is 9.59. The van der Waals surface area contributed by atoms with E-state index in [9.17, 15) is 0 Å². The van der Waals surface area contributed by atoms with Gasteiger partial charge in [0.05, 0.1) is 6.61 Å². The first-order valence-corrected chi connectivity index (χ1v) is 5.69. The van der Waals surface area contributed by atoms with Crippen molar-refractivity contribution in [2.24, 2.45) is 0 Å². The van der Waals surface area contributed by atoms with E-state index in [1.807, 2.05) is 12.1 Å². The average Bonchev–Trinajstić information content (AvgIpc) is 2.33. The highest BCUT2D eigenvalue weighted by Crippen LogP contribution is 2.20. The smallest absolute Gasteiger partial charge is 0.219 e. The monoisotopic (exact) mass is 222 g/mol. The Labute approximate surface area is 95.9 Å². The number of hydrogen-bond donors (Lipinski definition) is 1. The van der Waals surface area contributed by atoms with Crippen LogP contribution in [-0.4, -0.2) is 41.2 Å². The highest BCUT2D eigenvalue weighted by atomic mass is 16.5. The summed E-state index contributed by atoms with van der Waals surface area (Å²) in [6.45, 7) is 2.10. The number of likely N-dealkylation sites (tertiary alicyclic amines) is 1. The number of aromatic nitrogens is 1. The molecule has 88 valence electrons. The number of hydrogen-bond acceptors (Lipinski definition) is 4. The maximum atomic E-state index is 9.16. The third-order valence-corrected chi connectivity index (χ3v) is 2.96. The SMILES string of the molecule is CN1CCC(Oc2ncccc2CO)CC1. The minimum atomic E-state index is -0.0181. The summed E-state index contributed by atoms with van der Waals surface area (Å²) >= 11 is 0. The minimum Gasteiger partial charge on any atom is -0.474 e. The van der Waals surface area contributed by atoms with Crippen molar-refractivity contribution in [3.05, 3.63) is 23.9 Å². The molecule has 0 unspecified atom stereocenters. The second-order valence-corrected chi connectivity index (χ2v) is 4.25. The van der Waals surface area contributed by atoms with Crippen LogP contribution in [0.2, 0.25) is 0 Å². The molecule has 16 heavy (non-hydrogen) atoms. The molecule has 2 rings (SSSR count). The molecule has 1 aliphatic rings. The predicted molar refractivity (Wildman–Crippen MR) is 61.3 cm³/mol. The Kier molecular flexibility index (Phi) is 3.74. The number of nitrogens with zero attached hydrogens (tertiary/aromatic N) is 2. The van der Waals surface area contributed by atoms with Crippen LogP contribution >= 0.6 is 0 Å². The Bertz CT molecular complexity index is 336. The Morgan fingerprint density at radius 1 is 1.50 bits per heavy atom. The largest absolute Gasteiger partial charge is 0.474 e. The number of piperidine rings is 1. The van der Waals surface area contributed by atoms with Crippen LogP contribution in [0.25, 0.3) is 0 Å². The van der Waals surface area contributed by atoms with E-state index in [2.05, 4.69) is 16.9 Å². The van der Waals surface area contributed by atoms with E-state index in [4.69, 9.17) is 9.84 Å². The fraction of sp³-hybridized carbons (Fsp3) is 0.583. The summed E-state index contributed by atoms with van der Waals surface area (Å²) in [5.74, 6) is 0.583. The standard InChI is InChI=1S/C12H18N2O2/c1-14-7-4-11(5-8-14)16-12-10(9-15)3-2-6-13-12/h2-3,6,11,15H,4-5,7-9H2,1H3. The van der Waals surface area contributed by atoms with Crippen LogP contribution in [0.5, 0.6) is 5.88 Å². The molecule has 1 aromatic heterocycles. The Balaban J connectivity index is 1.98. The van der Waals surface area contributed by atoms with Gasteiger partial charge in [-0.1, -0.05) is 0 Å². The van der Waals surface area contributed by atoms with Crippen LogP contribution in [0.4, 0.5) is 0 Å². The van der Waals surface area contributed by atoms with Crippen LogP contribution in [0.3, 0.4) is 0 Å². The topological polar surface area (TPSA) is 45.6 Å². The number of pyridine rings is 1. The summed E-state index contributed by atoms with van der Waals surface area (Å²) in [6, 6.07) is 3.66. The van der Waals surface area contributed by atoms with E-state index in [0.29, 0.717) is 5.88 Å². The number of aliphatic hydroxyl groups is 1. The molecule has 0 amide bonds. The molecular weight excluding hydrogens is 204 g/mol. The van der Waals surface area contributed by atoms with Gasteiger partial charge in [-0.25, -0.2) is 4.98 Å². The Morgan fingerprint density at radius 2 is 2.25 bits per heavy atom. The number of aliphatic hydroxyl groups excluding tert-OH is 1. The van der Waals surface area contributed by atoms with Gasteiger partial charge >= 0.3 is 0 Å². The van der Waals surface area contributed by atoms with E-state index in [1.54, 1.807) is 6.20 Å². The second-order valence-electron chi connectivity index (χ2n) is 4.25. The van der Waals surface area contributed by atoms with Gasteiger partial charge in [-0.15, -0.1) is 0 Å². The average molecular weight is 222 g/mol. The van der Waals surface area contributed by atoms with Gasteiger partial charge in [0, 0.05) is 24.8 Å². The van der Waals surface area contributed by atoms with Crippen molar-refractivity contribution in [1.82, 2.24) is 9.88 Å². The molecule has 1 fully saturated rings. The van der Waals surface area contributed by atoms with Gasteiger partial charge in [0.15, 0.2) is 0 Å². The lowest BCUT2D eigenvalue weighted by molar-refractivity contribution is 0.107. The van der Waals surface area contributed by atoms with Gasteiger partial charge in [-0.3, -0.25) is 0 Å². The molecule has 0 aliphatic carbocycles. The lowest BCUT2D eigenvalue weighted by Gasteiger charge is -2.29. The molecule has 2 heterocycles. The normalized spacial score (nSPS) is 18.6. The zero-order valence-corrected chi connectivity index (χ0v) is 9.59. The molecule has 1 aliphatic heterocycles. The lowest BCUT2D eigenvalue weighted by atomic mass is 10.1. The maximum Gasteiger partial charge on any atom is 0.219 e. The third-order valence-electron chi connectivity index (χ3n) is 2.96. The number of rotatable bonds is 3. The van der Waals surface area contributed by atoms with Crippen LogP contribution in [0.15, 0.2) is 18.3 Å². The molecular formula is C12H18N2O2. The van der Waals surface area contributed by atoms with Gasteiger partial charge in [-0.05, 0) is 32.0 Å². The van der Waals surface area contributed by atoms with Crippen molar-refractivity contribution in [2.45, 2.75) is 25.6 Å². The van der Waals surface area contributed by atoms with E-state index < -0.39 is 0 Å². The summed E-state index contributed by atoms with van der Waals surface area (Å²) < 4.78 is 5.83. The fourth-order valence-corrected chi connectivity index (χ4v) is 1.91. The van der Waals surface area contributed by atoms with Gasteiger partial charge in [0.1, 0.15) is 6.10 Å². The van der Waals surface area contributed by atoms with Gasteiger partial charge < -0.3 is 14.7 Å². The van der Waals surface area contributed by atoms with E-state index in [1.165, 1.54) is 0 Å². The molecule has 1 N–H and O–H groups in total. The predicted octanol–water partition coefficient (Wildman–Crippen LogP) is 1.05. The quantitative estimate of drug-likeness (QED) is 0.830. The third kappa shape index (κ3) is 2.71. The van der Waals surface area contributed by atoms with E-state index >= 15 is 0 Å². The molecule has 1 saturated heterocycles. The van der Waals surface area contributed by atoms with Crippen molar-refractivity contribution >= 4 is 0 Å². The van der Waals surface area contributed by atoms with Crippen LogP contribution < -0.4 is 4.74 Å². The highest BCUT2D eigenvalue weighted by molar-refractivity contribution is 5.24. The number of ether oxygens (including phenoxy) is 1.